The van der Waals surface area contributed by atoms with Crippen LogP contribution in [0.5, 0.6) is 0 Å². The summed E-state index contributed by atoms with van der Waals surface area (Å²) < 4.78 is 0. The number of aromatic nitrogens is 2. The van der Waals surface area contributed by atoms with Crippen molar-refractivity contribution in [3.8, 4) is 0 Å². The van der Waals surface area contributed by atoms with Gasteiger partial charge in [0.1, 0.15) is 0 Å². The van der Waals surface area contributed by atoms with Crippen LogP contribution in [0.2, 0.25) is 0 Å². The van der Waals surface area contributed by atoms with E-state index in [9.17, 15) is 9.59 Å². The molecule has 2 aromatic rings. The number of likely N-dealkylation sites (tertiary alicyclic amines) is 1. The van der Waals surface area contributed by atoms with Gasteiger partial charge in [-0.1, -0.05) is 13.0 Å². The number of aromatic amines is 1. The lowest BCUT2D eigenvalue weighted by Crippen LogP contribution is -2.55. The lowest BCUT2D eigenvalue weighted by molar-refractivity contribution is -0.129. The van der Waals surface area contributed by atoms with E-state index in [0.29, 0.717) is 12.5 Å². The predicted molar refractivity (Wildman–Crippen MR) is 116 cm³/mol. The lowest BCUT2D eigenvalue weighted by atomic mass is 10.0. The summed E-state index contributed by atoms with van der Waals surface area (Å²) in [6.07, 6.45) is 7.13. The molecule has 161 valence electrons. The number of urea groups is 1. The van der Waals surface area contributed by atoms with Gasteiger partial charge in [0.2, 0.25) is 5.91 Å². The van der Waals surface area contributed by atoms with Crippen LogP contribution in [-0.4, -0.2) is 82.1 Å². The maximum atomic E-state index is 12.7. The molecule has 0 aliphatic carbocycles. The maximum Gasteiger partial charge on any atom is 0.314 e. The van der Waals surface area contributed by atoms with Crippen LogP contribution in [0.4, 0.5) is 4.79 Å². The molecule has 3 amide bonds. The molecule has 8 nitrogen and oxygen atoms in total. The fraction of sp³-hybridized carbons (Fsp3) is 0.545. The monoisotopic (exact) mass is 411 g/mol. The zero-order valence-corrected chi connectivity index (χ0v) is 17.6. The number of hydrogen-bond acceptors (Lipinski definition) is 4. The average molecular weight is 412 g/mol. The first-order chi connectivity index (χ1) is 14.5. The van der Waals surface area contributed by atoms with Gasteiger partial charge in [0.25, 0.3) is 0 Å². The molecule has 0 bridgehead atoms. The molecule has 0 unspecified atom stereocenters. The molecular weight excluding hydrogens is 380 g/mol. The Hall–Kier alpha value is -2.61. The molecule has 3 heterocycles. The van der Waals surface area contributed by atoms with E-state index in [0.717, 1.165) is 75.0 Å². The highest BCUT2D eigenvalue weighted by Crippen LogP contribution is 2.21. The van der Waals surface area contributed by atoms with Crippen molar-refractivity contribution in [2.75, 3.05) is 39.3 Å². The topological polar surface area (TPSA) is 98.6 Å². The van der Waals surface area contributed by atoms with Crippen molar-refractivity contribution in [2.24, 2.45) is 5.73 Å². The van der Waals surface area contributed by atoms with Gasteiger partial charge in [-0.15, -0.1) is 0 Å². The predicted octanol–water partition coefficient (Wildman–Crippen LogP) is 1.56. The molecule has 0 spiro atoms. The van der Waals surface area contributed by atoms with Crippen LogP contribution >= 0.6 is 0 Å². The van der Waals surface area contributed by atoms with E-state index in [-0.39, 0.29) is 11.9 Å². The minimum Gasteiger partial charge on any atom is -0.351 e. The van der Waals surface area contributed by atoms with Crippen LogP contribution in [0.3, 0.4) is 0 Å². The second-order valence-corrected chi connectivity index (χ2v) is 8.27. The summed E-state index contributed by atoms with van der Waals surface area (Å²) in [4.78, 5) is 30.1. The van der Waals surface area contributed by atoms with Crippen molar-refractivity contribution in [3.05, 3.63) is 35.9 Å². The number of benzene rings is 1. The number of amides is 3. The lowest BCUT2D eigenvalue weighted by Gasteiger charge is -2.42. The van der Waals surface area contributed by atoms with E-state index in [1.54, 1.807) is 4.90 Å². The maximum absolute atomic E-state index is 12.7. The van der Waals surface area contributed by atoms with E-state index in [1.807, 2.05) is 17.5 Å². The number of H-pyrrole nitrogens is 1. The minimum absolute atomic E-state index is 0.114. The van der Waals surface area contributed by atoms with E-state index < -0.39 is 0 Å². The van der Waals surface area contributed by atoms with Gasteiger partial charge in [0.15, 0.2) is 0 Å². The quantitative estimate of drug-likeness (QED) is 0.780. The Labute approximate surface area is 177 Å². The summed E-state index contributed by atoms with van der Waals surface area (Å²) in [5.41, 5.74) is 8.84. The van der Waals surface area contributed by atoms with E-state index in [4.69, 9.17) is 5.73 Å². The normalized spacial score (nSPS) is 18.8. The Morgan fingerprint density at radius 2 is 1.87 bits per heavy atom. The number of piperazine rings is 1. The van der Waals surface area contributed by atoms with Gasteiger partial charge in [-0.05, 0) is 42.9 Å². The number of piperidine rings is 1. The van der Waals surface area contributed by atoms with Crippen LogP contribution in [0.15, 0.2) is 18.3 Å². The molecule has 2 aliphatic rings. The molecule has 1 aromatic carbocycles. The van der Waals surface area contributed by atoms with Crippen LogP contribution < -0.4 is 5.73 Å². The summed E-state index contributed by atoms with van der Waals surface area (Å²) in [7, 11) is 0. The number of fused-ring (bicyclic) bond motifs is 1. The number of nitrogens with zero attached hydrogens (tertiary/aromatic N) is 4. The Kier molecular flexibility index (Phi) is 6.22. The molecule has 3 N–H and O–H groups in total. The van der Waals surface area contributed by atoms with Gasteiger partial charge in [-0.25, -0.2) is 4.79 Å². The van der Waals surface area contributed by atoms with Crippen LogP contribution in [0.1, 0.15) is 30.9 Å². The molecule has 1 radical (unpaired) electrons. The molecule has 2 aliphatic heterocycles. The van der Waals surface area contributed by atoms with Gasteiger partial charge < -0.3 is 15.5 Å². The minimum atomic E-state index is -0.322. The largest absolute Gasteiger partial charge is 0.351 e. The molecule has 30 heavy (non-hydrogen) atoms. The van der Waals surface area contributed by atoms with E-state index in [2.05, 4.69) is 34.2 Å². The van der Waals surface area contributed by atoms with Gasteiger partial charge in [-0.2, -0.15) is 5.10 Å². The van der Waals surface area contributed by atoms with Crippen LogP contribution in [0, 0.1) is 6.42 Å². The third kappa shape index (κ3) is 4.43. The number of rotatable bonds is 5. The van der Waals surface area contributed by atoms with Gasteiger partial charge >= 0.3 is 6.03 Å². The number of primary amides is 1. The molecule has 0 saturated carbocycles. The molecule has 8 heteroatoms. The third-order valence-corrected chi connectivity index (χ3v) is 6.50. The van der Waals surface area contributed by atoms with Gasteiger partial charge in [-0.3, -0.25) is 14.8 Å². The summed E-state index contributed by atoms with van der Waals surface area (Å²) in [6.45, 7) is 6.88. The third-order valence-electron chi connectivity index (χ3n) is 6.50. The van der Waals surface area contributed by atoms with Gasteiger partial charge in [0.05, 0.1) is 18.1 Å². The fourth-order valence-electron chi connectivity index (χ4n) is 4.69. The number of carbonyl (C=O) groups is 2. The average Bonchev–Trinajstić information content (AvgIpc) is 3.26. The Balaban J connectivity index is 1.25. The molecule has 0 atom stereocenters. The Morgan fingerprint density at radius 3 is 2.53 bits per heavy atom. The van der Waals surface area contributed by atoms with Gasteiger partial charge in [0, 0.05) is 50.7 Å². The van der Waals surface area contributed by atoms with Crippen molar-refractivity contribution >= 4 is 22.8 Å². The van der Waals surface area contributed by atoms with Crippen molar-refractivity contribution in [2.45, 2.75) is 38.6 Å². The van der Waals surface area contributed by atoms with Crippen LogP contribution in [0.25, 0.3) is 10.9 Å². The standard InChI is InChI=1S/C22H31N6O2/c1-2-17-13-16(14-18-15-24-25-21(17)18)3-4-20(29)27-11-9-26(10-12-27)19-5-7-28(8-6-19)22(23)30/h4,13-15,19H,2-3,5-12H2,1H3,(H2,23,30)(H,24,25). The molecule has 1 aromatic heterocycles. The fourth-order valence-corrected chi connectivity index (χ4v) is 4.69. The highest BCUT2D eigenvalue weighted by Gasteiger charge is 2.29. The molecular formula is C22H31N6O2. The number of aryl methyl sites for hydroxylation is 1. The summed E-state index contributed by atoms with van der Waals surface area (Å²) in [6, 6.07) is 4.44. The summed E-state index contributed by atoms with van der Waals surface area (Å²) in [5.74, 6) is 0.114. The highest BCUT2D eigenvalue weighted by atomic mass is 16.2. The summed E-state index contributed by atoms with van der Waals surface area (Å²) in [5, 5.41) is 8.29. The molecule has 4 rings (SSSR count). The van der Waals surface area contributed by atoms with Crippen molar-refractivity contribution in [1.29, 1.82) is 0 Å². The van der Waals surface area contributed by atoms with E-state index >= 15 is 0 Å². The molecule has 2 saturated heterocycles. The first-order valence-corrected chi connectivity index (χ1v) is 10.9. The van der Waals surface area contributed by atoms with Crippen molar-refractivity contribution in [3.63, 3.8) is 0 Å². The Morgan fingerprint density at radius 1 is 1.13 bits per heavy atom. The Bertz CT molecular complexity index is 894. The highest BCUT2D eigenvalue weighted by molar-refractivity contribution is 5.86. The van der Waals surface area contributed by atoms with E-state index in [1.165, 1.54) is 5.56 Å². The zero-order chi connectivity index (χ0) is 21.1. The number of nitrogens with one attached hydrogen (secondary N) is 1. The number of carbonyl (C=O) groups excluding carboxylic acids is 2. The second-order valence-electron chi connectivity index (χ2n) is 8.27. The first-order valence-electron chi connectivity index (χ1n) is 10.9. The van der Waals surface area contributed by atoms with Crippen molar-refractivity contribution in [1.82, 2.24) is 24.9 Å². The summed E-state index contributed by atoms with van der Waals surface area (Å²) >= 11 is 0. The zero-order valence-electron chi connectivity index (χ0n) is 17.6. The number of nitrogens with two attached hydrogens (primary N) is 1. The smallest absolute Gasteiger partial charge is 0.314 e. The van der Waals surface area contributed by atoms with Crippen LogP contribution in [-0.2, 0) is 17.6 Å². The first kappa shape index (κ1) is 20.7. The second kappa shape index (κ2) is 9.04. The SMILES string of the molecule is CCc1cc(C[CH]C(=O)N2CCN(C3CCN(C(N)=O)CC3)CC2)cc2cn[nH]c12. The number of hydrogen-bond donors (Lipinski definition) is 2. The van der Waals surface area contributed by atoms with Crippen molar-refractivity contribution < 1.29 is 9.59 Å². The molecule has 2 fully saturated rings.